The Balaban J connectivity index is 1.90. The van der Waals surface area contributed by atoms with Crippen LogP contribution in [0.4, 0.5) is 5.69 Å². The molecular weight excluding hydrogens is 254 g/mol. The second-order valence-corrected chi connectivity index (χ2v) is 4.35. The molecule has 5 nitrogen and oxygen atoms in total. The van der Waals surface area contributed by atoms with Crippen LogP contribution in [0.25, 0.3) is 0 Å². The lowest BCUT2D eigenvalue weighted by Crippen LogP contribution is -2.09. The van der Waals surface area contributed by atoms with Gasteiger partial charge in [-0.15, -0.1) is 0 Å². The maximum atomic E-state index is 5.41. The summed E-state index contributed by atoms with van der Waals surface area (Å²) in [6.45, 7) is 3.12. The number of pyridine rings is 2. The fraction of sp³-hybridized carbons (Fsp3) is 0.333. The maximum Gasteiger partial charge on any atom is 0.213 e. The Morgan fingerprint density at radius 1 is 1.15 bits per heavy atom. The van der Waals surface area contributed by atoms with Gasteiger partial charge in [0.1, 0.15) is 6.61 Å². The van der Waals surface area contributed by atoms with E-state index in [9.17, 15) is 0 Å². The molecule has 0 amide bonds. The smallest absolute Gasteiger partial charge is 0.213 e. The summed E-state index contributed by atoms with van der Waals surface area (Å²) in [6.07, 6.45) is 3.54. The molecule has 5 heteroatoms. The Bertz CT molecular complexity index is 502. The third-order valence-corrected chi connectivity index (χ3v) is 2.79. The lowest BCUT2D eigenvalue weighted by molar-refractivity contribution is 0.144. The quantitative estimate of drug-likeness (QED) is 0.786. The Morgan fingerprint density at radius 2 is 2.05 bits per heavy atom. The summed E-state index contributed by atoms with van der Waals surface area (Å²) in [5.74, 6) is 0.595. The fourth-order valence-corrected chi connectivity index (χ4v) is 1.74. The Labute approximate surface area is 119 Å². The highest BCUT2D eigenvalue weighted by Gasteiger charge is 2.06. The van der Waals surface area contributed by atoms with E-state index in [-0.39, 0.29) is 6.04 Å². The van der Waals surface area contributed by atoms with Crippen molar-refractivity contribution in [2.75, 3.05) is 25.6 Å². The van der Waals surface area contributed by atoms with E-state index in [1.54, 1.807) is 19.5 Å². The summed E-state index contributed by atoms with van der Waals surface area (Å²) < 4.78 is 10.3. The zero-order chi connectivity index (χ0) is 14.2. The van der Waals surface area contributed by atoms with Gasteiger partial charge < -0.3 is 14.8 Å². The lowest BCUT2D eigenvalue weighted by atomic mass is 10.2. The molecule has 0 spiro atoms. The molecule has 0 aliphatic heterocycles. The standard InChI is InChI=1S/C15H19N3O2/c1-12(14-5-3-4-8-16-14)18-13-6-7-15(17-11-13)20-10-9-19-2/h3-8,11-12,18H,9-10H2,1-2H3. The Kier molecular flexibility index (Phi) is 5.32. The largest absolute Gasteiger partial charge is 0.475 e. The average molecular weight is 273 g/mol. The van der Waals surface area contributed by atoms with E-state index < -0.39 is 0 Å². The zero-order valence-electron chi connectivity index (χ0n) is 11.7. The van der Waals surface area contributed by atoms with Crippen LogP contribution in [0.3, 0.4) is 0 Å². The van der Waals surface area contributed by atoms with Crippen molar-refractivity contribution in [2.45, 2.75) is 13.0 Å². The summed E-state index contributed by atoms with van der Waals surface area (Å²) >= 11 is 0. The first kappa shape index (κ1) is 14.3. The Hall–Kier alpha value is -2.14. The summed E-state index contributed by atoms with van der Waals surface area (Å²) in [6, 6.07) is 9.78. The minimum absolute atomic E-state index is 0.123. The van der Waals surface area contributed by atoms with Crippen molar-refractivity contribution in [1.82, 2.24) is 9.97 Å². The molecule has 0 fully saturated rings. The predicted molar refractivity (Wildman–Crippen MR) is 77.9 cm³/mol. The van der Waals surface area contributed by atoms with E-state index in [2.05, 4.69) is 22.2 Å². The molecule has 20 heavy (non-hydrogen) atoms. The number of methoxy groups -OCH3 is 1. The van der Waals surface area contributed by atoms with Crippen LogP contribution in [0.2, 0.25) is 0 Å². The lowest BCUT2D eigenvalue weighted by Gasteiger charge is -2.14. The minimum atomic E-state index is 0.123. The van der Waals surface area contributed by atoms with Gasteiger partial charge in [-0.1, -0.05) is 6.07 Å². The molecule has 1 unspecified atom stereocenters. The normalized spacial score (nSPS) is 11.9. The molecule has 2 aromatic rings. The molecule has 0 aliphatic rings. The van der Waals surface area contributed by atoms with Gasteiger partial charge in [-0.2, -0.15) is 0 Å². The second kappa shape index (κ2) is 7.45. The van der Waals surface area contributed by atoms with Gasteiger partial charge in [-0.25, -0.2) is 4.98 Å². The zero-order valence-corrected chi connectivity index (χ0v) is 11.7. The van der Waals surface area contributed by atoms with Crippen LogP contribution in [-0.4, -0.2) is 30.3 Å². The van der Waals surface area contributed by atoms with Crippen LogP contribution in [0.5, 0.6) is 5.88 Å². The molecule has 0 bridgehead atoms. The number of rotatable bonds is 7. The molecule has 0 saturated heterocycles. The van der Waals surface area contributed by atoms with Crippen molar-refractivity contribution >= 4 is 5.69 Å². The van der Waals surface area contributed by atoms with Gasteiger partial charge in [-0.05, 0) is 25.1 Å². The van der Waals surface area contributed by atoms with E-state index in [0.29, 0.717) is 19.1 Å². The minimum Gasteiger partial charge on any atom is -0.475 e. The summed E-state index contributed by atoms with van der Waals surface area (Å²) in [5.41, 5.74) is 1.93. The molecule has 0 radical (unpaired) electrons. The highest BCUT2D eigenvalue weighted by Crippen LogP contribution is 2.18. The molecule has 0 saturated carbocycles. The maximum absolute atomic E-state index is 5.41. The van der Waals surface area contributed by atoms with E-state index in [1.807, 2.05) is 30.3 Å². The molecule has 2 aromatic heterocycles. The van der Waals surface area contributed by atoms with Crippen LogP contribution < -0.4 is 10.1 Å². The topological polar surface area (TPSA) is 56.3 Å². The molecular formula is C15H19N3O2. The predicted octanol–water partition coefficient (Wildman–Crippen LogP) is 2.67. The summed E-state index contributed by atoms with van der Waals surface area (Å²) in [5, 5.41) is 3.35. The first-order valence-corrected chi connectivity index (χ1v) is 6.55. The van der Waals surface area contributed by atoms with Gasteiger partial charge in [0.25, 0.3) is 0 Å². The second-order valence-electron chi connectivity index (χ2n) is 4.35. The van der Waals surface area contributed by atoms with Gasteiger partial charge in [-0.3, -0.25) is 4.98 Å². The molecule has 1 atom stereocenters. The van der Waals surface area contributed by atoms with E-state index in [1.165, 1.54) is 0 Å². The third kappa shape index (κ3) is 4.20. The average Bonchev–Trinajstić information content (AvgIpc) is 2.50. The van der Waals surface area contributed by atoms with Gasteiger partial charge >= 0.3 is 0 Å². The van der Waals surface area contributed by atoms with E-state index >= 15 is 0 Å². The van der Waals surface area contributed by atoms with Crippen LogP contribution in [0.15, 0.2) is 42.7 Å². The Morgan fingerprint density at radius 3 is 2.70 bits per heavy atom. The van der Waals surface area contributed by atoms with Crippen molar-refractivity contribution in [3.8, 4) is 5.88 Å². The number of anilines is 1. The molecule has 0 aliphatic carbocycles. The SMILES string of the molecule is COCCOc1ccc(NC(C)c2ccccn2)cn1. The van der Waals surface area contributed by atoms with Crippen LogP contribution in [0, 0.1) is 0 Å². The van der Waals surface area contributed by atoms with Crippen molar-refractivity contribution in [3.63, 3.8) is 0 Å². The highest BCUT2D eigenvalue weighted by molar-refractivity contribution is 5.43. The number of hydrogen-bond acceptors (Lipinski definition) is 5. The van der Waals surface area contributed by atoms with Crippen LogP contribution >= 0.6 is 0 Å². The number of nitrogens with zero attached hydrogens (tertiary/aromatic N) is 2. The highest BCUT2D eigenvalue weighted by atomic mass is 16.5. The van der Waals surface area contributed by atoms with Gasteiger partial charge in [0.05, 0.1) is 30.2 Å². The van der Waals surface area contributed by atoms with Crippen molar-refractivity contribution in [3.05, 3.63) is 48.4 Å². The van der Waals surface area contributed by atoms with Crippen LogP contribution in [0.1, 0.15) is 18.7 Å². The van der Waals surface area contributed by atoms with Gasteiger partial charge in [0.2, 0.25) is 5.88 Å². The fourth-order valence-electron chi connectivity index (χ4n) is 1.74. The van der Waals surface area contributed by atoms with E-state index in [4.69, 9.17) is 9.47 Å². The van der Waals surface area contributed by atoms with Gasteiger partial charge in [0, 0.05) is 19.4 Å². The summed E-state index contributed by atoms with van der Waals surface area (Å²) in [7, 11) is 1.64. The van der Waals surface area contributed by atoms with Crippen molar-refractivity contribution in [1.29, 1.82) is 0 Å². The number of ether oxygens (including phenoxy) is 2. The number of nitrogens with one attached hydrogen (secondary N) is 1. The molecule has 2 heterocycles. The monoisotopic (exact) mass is 273 g/mol. The molecule has 2 rings (SSSR count). The molecule has 106 valence electrons. The summed E-state index contributed by atoms with van der Waals surface area (Å²) in [4.78, 5) is 8.56. The third-order valence-electron chi connectivity index (χ3n) is 2.79. The van der Waals surface area contributed by atoms with Crippen LogP contribution in [-0.2, 0) is 4.74 Å². The first-order valence-electron chi connectivity index (χ1n) is 6.55. The first-order chi connectivity index (χ1) is 9.79. The van der Waals surface area contributed by atoms with E-state index in [0.717, 1.165) is 11.4 Å². The molecule has 1 N–H and O–H groups in total. The molecule has 0 aromatic carbocycles. The van der Waals surface area contributed by atoms with Crippen molar-refractivity contribution < 1.29 is 9.47 Å². The number of aromatic nitrogens is 2. The van der Waals surface area contributed by atoms with Gasteiger partial charge in [0.15, 0.2) is 0 Å². The van der Waals surface area contributed by atoms with Crippen molar-refractivity contribution in [2.24, 2.45) is 0 Å². The number of hydrogen-bond donors (Lipinski definition) is 1.